The van der Waals surface area contributed by atoms with E-state index < -0.39 is 0 Å². The Morgan fingerprint density at radius 1 is 1.33 bits per heavy atom. The second kappa shape index (κ2) is 5.14. The zero-order chi connectivity index (χ0) is 11.4. The minimum absolute atomic E-state index is 0.218. The van der Waals surface area contributed by atoms with Crippen molar-refractivity contribution >= 4 is 23.1 Å². The van der Waals surface area contributed by atoms with Crippen molar-refractivity contribution in [2.45, 2.75) is 0 Å². The van der Waals surface area contributed by atoms with Gasteiger partial charge >= 0.3 is 0 Å². The maximum Gasteiger partial charge on any atom is 0.224 e. The smallest absolute Gasteiger partial charge is 0.224 e. The summed E-state index contributed by atoms with van der Waals surface area (Å²) in [6.07, 6.45) is 1.52. The number of likely N-dealkylation sites (N-methyl/N-ethyl adjacent to an activating group) is 2. The fourth-order valence-electron chi connectivity index (χ4n) is 1.12. The molecule has 0 atom stereocenters. The second-order valence-electron chi connectivity index (χ2n) is 3.64. The van der Waals surface area contributed by atoms with E-state index in [0.29, 0.717) is 11.5 Å². The summed E-state index contributed by atoms with van der Waals surface area (Å²) in [7, 11) is 5.97. The molecule has 0 fully saturated rings. The molecule has 5 nitrogen and oxygen atoms in total. The highest BCUT2D eigenvalue weighted by atomic mass is 35.5. The standard InChI is InChI=1S/C9H16ClN5/c1-14(2)4-5-15(3)8-7(11)6-12-9(10)13-8/h6H,4-5,11H2,1-3H3. The van der Waals surface area contributed by atoms with Crippen LogP contribution in [0.3, 0.4) is 0 Å². The van der Waals surface area contributed by atoms with Crippen molar-refractivity contribution in [2.24, 2.45) is 0 Å². The highest BCUT2D eigenvalue weighted by Gasteiger charge is 2.08. The van der Waals surface area contributed by atoms with Gasteiger partial charge in [-0.3, -0.25) is 0 Å². The first-order valence-electron chi connectivity index (χ1n) is 4.64. The fraction of sp³-hybridized carbons (Fsp3) is 0.556. The lowest BCUT2D eigenvalue weighted by Gasteiger charge is -2.21. The van der Waals surface area contributed by atoms with Gasteiger partial charge in [0.25, 0.3) is 0 Å². The van der Waals surface area contributed by atoms with Crippen LogP contribution in [0.1, 0.15) is 0 Å². The summed E-state index contributed by atoms with van der Waals surface area (Å²) in [5, 5.41) is 0.218. The van der Waals surface area contributed by atoms with Gasteiger partial charge in [-0.05, 0) is 25.7 Å². The van der Waals surface area contributed by atoms with Crippen LogP contribution in [0.2, 0.25) is 5.28 Å². The van der Waals surface area contributed by atoms with Crippen LogP contribution >= 0.6 is 11.6 Å². The van der Waals surface area contributed by atoms with E-state index >= 15 is 0 Å². The Labute approximate surface area is 94.9 Å². The van der Waals surface area contributed by atoms with Gasteiger partial charge in [0.1, 0.15) is 0 Å². The normalized spacial score (nSPS) is 10.7. The predicted octanol–water partition coefficient (Wildman–Crippen LogP) is 0.710. The second-order valence-corrected chi connectivity index (χ2v) is 3.98. The Morgan fingerprint density at radius 3 is 2.60 bits per heavy atom. The molecule has 2 N–H and O–H groups in total. The minimum atomic E-state index is 0.218. The molecule has 0 aliphatic heterocycles. The van der Waals surface area contributed by atoms with E-state index in [4.69, 9.17) is 17.3 Å². The van der Waals surface area contributed by atoms with E-state index in [9.17, 15) is 0 Å². The molecular weight excluding hydrogens is 214 g/mol. The number of nitrogen functional groups attached to an aromatic ring is 1. The first-order valence-corrected chi connectivity index (χ1v) is 5.02. The van der Waals surface area contributed by atoms with Crippen LogP contribution in [0.5, 0.6) is 0 Å². The quantitative estimate of drug-likeness (QED) is 0.771. The highest BCUT2D eigenvalue weighted by Crippen LogP contribution is 2.19. The average Bonchev–Trinajstić information content (AvgIpc) is 2.18. The van der Waals surface area contributed by atoms with Crippen LogP contribution < -0.4 is 10.6 Å². The van der Waals surface area contributed by atoms with Gasteiger partial charge in [-0.15, -0.1) is 0 Å². The number of rotatable bonds is 4. The van der Waals surface area contributed by atoms with Crippen LogP contribution in [0, 0.1) is 0 Å². The van der Waals surface area contributed by atoms with Crippen LogP contribution in [0.15, 0.2) is 6.20 Å². The van der Waals surface area contributed by atoms with Crippen LogP contribution in [-0.2, 0) is 0 Å². The van der Waals surface area contributed by atoms with E-state index in [0.717, 1.165) is 13.1 Å². The lowest BCUT2D eigenvalue weighted by Crippen LogP contribution is -2.29. The van der Waals surface area contributed by atoms with E-state index in [2.05, 4.69) is 14.9 Å². The van der Waals surface area contributed by atoms with Gasteiger partial charge in [-0.2, -0.15) is 4.98 Å². The lowest BCUT2D eigenvalue weighted by molar-refractivity contribution is 0.416. The summed E-state index contributed by atoms with van der Waals surface area (Å²) in [6.45, 7) is 1.77. The summed E-state index contributed by atoms with van der Waals surface area (Å²) >= 11 is 5.71. The molecule has 0 saturated carbocycles. The number of hydrogen-bond donors (Lipinski definition) is 1. The number of nitrogens with two attached hydrogens (primary N) is 1. The Kier molecular flexibility index (Phi) is 4.11. The maximum absolute atomic E-state index is 5.76. The molecule has 15 heavy (non-hydrogen) atoms. The van der Waals surface area contributed by atoms with Crippen molar-refractivity contribution in [3.63, 3.8) is 0 Å². The Hall–Kier alpha value is -1.07. The molecule has 1 aromatic heterocycles. The molecule has 0 bridgehead atoms. The number of hydrogen-bond acceptors (Lipinski definition) is 5. The van der Waals surface area contributed by atoms with E-state index in [-0.39, 0.29) is 5.28 Å². The van der Waals surface area contributed by atoms with Crippen LogP contribution in [-0.4, -0.2) is 49.1 Å². The predicted molar refractivity (Wildman–Crippen MR) is 63.3 cm³/mol. The van der Waals surface area contributed by atoms with Crippen molar-refractivity contribution in [1.82, 2.24) is 14.9 Å². The average molecular weight is 230 g/mol. The van der Waals surface area contributed by atoms with Crippen molar-refractivity contribution in [2.75, 3.05) is 44.9 Å². The molecule has 1 rings (SSSR count). The van der Waals surface area contributed by atoms with E-state index in [1.807, 2.05) is 26.0 Å². The SMILES string of the molecule is CN(C)CCN(C)c1nc(Cl)ncc1N. The van der Waals surface area contributed by atoms with Gasteiger partial charge in [0.2, 0.25) is 5.28 Å². The zero-order valence-electron chi connectivity index (χ0n) is 9.24. The minimum Gasteiger partial charge on any atom is -0.394 e. The molecule has 0 unspecified atom stereocenters. The lowest BCUT2D eigenvalue weighted by atomic mass is 10.4. The first-order chi connectivity index (χ1) is 7.00. The summed E-state index contributed by atoms with van der Waals surface area (Å²) in [5.74, 6) is 0.678. The van der Waals surface area contributed by atoms with Crippen molar-refractivity contribution < 1.29 is 0 Å². The summed E-state index contributed by atoms with van der Waals surface area (Å²) in [4.78, 5) is 12.0. The zero-order valence-corrected chi connectivity index (χ0v) is 9.99. The third kappa shape index (κ3) is 3.53. The molecular formula is C9H16ClN5. The molecule has 0 amide bonds. The molecule has 0 saturated heterocycles. The largest absolute Gasteiger partial charge is 0.394 e. The van der Waals surface area contributed by atoms with E-state index in [1.165, 1.54) is 6.20 Å². The summed E-state index contributed by atoms with van der Waals surface area (Å²) in [5.41, 5.74) is 6.30. The third-order valence-electron chi connectivity index (χ3n) is 2.01. The molecule has 0 aliphatic carbocycles. The van der Waals surface area contributed by atoms with Gasteiger partial charge in [-0.1, -0.05) is 0 Å². The molecule has 0 spiro atoms. The van der Waals surface area contributed by atoms with Gasteiger partial charge in [0.15, 0.2) is 5.82 Å². The number of halogens is 1. The number of nitrogens with zero attached hydrogens (tertiary/aromatic N) is 4. The topological polar surface area (TPSA) is 58.3 Å². The molecule has 0 aliphatic rings. The number of anilines is 2. The van der Waals surface area contributed by atoms with Crippen molar-refractivity contribution in [3.05, 3.63) is 11.5 Å². The molecule has 6 heteroatoms. The van der Waals surface area contributed by atoms with Gasteiger partial charge in [-0.25, -0.2) is 4.98 Å². The van der Waals surface area contributed by atoms with Gasteiger partial charge < -0.3 is 15.5 Å². The summed E-state index contributed by atoms with van der Waals surface area (Å²) in [6, 6.07) is 0. The van der Waals surface area contributed by atoms with Crippen molar-refractivity contribution in [3.8, 4) is 0 Å². The fourth-order valence-corrected chi connectivity index (χ4v) is 1.25. The van der Waals surface area contributed by atoms with Gasteiger partial charge in [0, 0.05) is 20.1 Å². The molecule has 84 valence electrons. The van der Waals surface area contributed by atoms with Crippen LogP contribution in [0.4, 0.5) is 11.5 Å². The highest BCUT2D eigenvalue weighted by molar-refractivity contribution is 6.28. The first kappa shape index (κ1) is 12.0. The monoisotopic (exact) mass is 229 g/mol. The van der Waals surface area contributed by atoms with E-state index in [1.54, 1.807) is 0 Å². The Morgan fingerprint density at radius 2 is 2.00 bits per heavy atom. The van der Waals surface area contributed by atoms with Crippen molar-refractivity contribution in [1.29, 1.82) is 0 Å². The van der Waals surface area contributed by atoms with Gasteiger partial charge in [0.05, 0.1) is 11.9 Å². The van der Waals surface area contributed by atoms with Crippen LogP contribution in [0.25, 0.3) is 0 Å². The molecule has 0 radical (unpaired) electrons. The number of aromatic nitrogens is 2. The Bertz CT molecular complexity index is 328. The molecule has 0 aromatic carbocycles. The summed E-state index contributed by atoms with van der Waals surface area (Å²) < 4.78 is 0. The maximum atomic E-state index is 5.76. The third-order valence-corrected chi connectivity index (χ3v) is 2.19. The molecule has 1 heterocycles. The Balaban J connectivity index is 2.72. The molecule has 1 aromatic rings.